The second kappa shape index (κ2) is 6.64. The van der Waals surface area contributed by atoms with Crippen LogP contribution in [-0.4, -0.2) is 30.5 Å². The summed E-state index contributed by atoms with van der Waals surface area (Å²) in [5.74, 6) is 0. The second-order valence-electron chi connectivity index (χ2n) is 4.57. The molecule has 1 N–H and O–H groups in total. The number of rotatable bonds is 6. The van der Waals surface area contributed by atoms with Crippen molar-refractivity contribution in [3.63, 3.8) is 0 Å². The van der Waals surface area contributed by atoms with E-state index >= 15 is 0 Å². The standard InChI is InChI=1S/C14H19N3S/c1-17(2)10-14(12-6-4-3-5-7-12)16-9-13-8-15-11-18-13/h3-8,11,14,16H,9-10H2,1-2H3. The van der Waals surface area contributed by atoms with Crippen LogP contribution < -0.4 is 5.32 Å². The van der Waals surface area contributed by atoms with Crippen molar-refractivity contribution in [2.75, 3.05) is 20.6 Å². The monoisotopic (exact) mass is 261 g/mol. The van der Waals surface area contributed by atoms with Gasteiger partial charge >= 0.3 is 0 Å². The molecule has 0 bridgehead atoms. The normalized spacial score (nSPS) is 12.8. The first-order valence-electron chi connectivity index (χ1n) is 6.06. The van der Waals surface area contributed by atoms with E-state index in [2.05, 4.69) is 59.6 Å². The van der Waals surface area contributed by atoms with Crippen molar-refractivity contribution < 1.29 is 0 Å². The zero-order valence-electron chi connectivity index (χ0n) is 10.8. The SMILES string of the molecule is CN(C)CC(NCc1cncs1)c1ccccc1. The molecule has 0 amide bonds. The molecule has 2 rings (SSSR count). The van der Waals surface area contributed by atoms with Gasteiger partial charge in [0.2, 0.25) is 0 Å². The molecule has 0 spiro atoms. The summed E-state index contributed by atoms with van der Waals surface area (Å²) in [5.41, 5.74) is 3.20. The second-order valence-corrected chi connectivity index (χ2v) is 5.55. The van der Waals surface area contributed by atoms with Gasteiger partial charge in [-0.25, -0.2) is 0 Å². The summed E-state index contributed by atoms with van der Waals surface area (Å²) in [6, 6.07) is 10.9. The van der Waals surface area contributed by atoms with E-state index in [1.807, 2.05) is 11.7 Å². The third kappa shape index (κ3) is 3.91. The quantitative estimate of drug-likeness (QED) is 0.866. The van der Waals surface area contributed by atoms with Gasteiger partial charge in [0.1, 0.15) is 0 Å². The molecule has 1 heterocycles. The lowest BCUT2D eigenvalue weighted by molar-refractivity contribution is 0.341. The lowest BCUT2D eigenvalue weighted by Gasteiger charge is -2.22. The number of aromatic nitrogens is 1. The van der Waals surface area contributed by atoms with Crippen molar-refractivity contribution in [2.24, 2.45) is 0 Å². The highest BCUT2D eigenvalue weighted by Crippen LogP contribution is 2.15. The van der Waals surface area contributed by atoms with Crippen LogP contribution in [0.3, 0.4) is 0 Å². The summed E-state index contributed by atoms with van der Waals surface area (Å²) in [6.07, 6.45) is 1.93. The largest absolute Gasteiger partial charge is 0.308 e. The summed E-state index contributed by atoms with van der Waals surface area (Å²) >= 11 is 1.69. The Bertz CT molecular complexity index is 439. The molecule has 0 radical (unpaired) electrons. The van der Waals surface area contributed by atoms with Crippen molar-refractivity contribution in [1.29, 1.82) is 0 Å². The average molecular weight is 261 g/mol. The van der Waals surface area contributed by atoms with Gasteiger partial charge in [-0.1, -0.05) is 30.3 Å². The van der Waals surface area contributed by atoms with Crippen LogP contribution in [0.25, 0.3) is 0 Å². The first-order valence-corrected chi connectivity index (χ1v) is 6.94. The van der Waals surface area contributed by atoms with Crippen molar-refractivity contribution in [1.82, 2.24) is 15.2 Å². The number of nitrogens with one attached hydrogen (secondary N) is 1. The molecular formula is C14H19N3S. The summed E-state index contributed by atoms with van der Waals surface area (Å²) in [4.78, 5) is 7.58. The van der Waals surface area contributed by atoms with Crippen LogP contribution in [0.1, 0.15) is 16.5 Å². The smallest absolute Gasteiger partial charge is 0.0794 e. The lowest BCUT2D eigenvalue weighted by Crippen LogP contribution is -2.30. The van der Waals surface area contributed by atoms with Crippen LogP contribution in [0, 0.1) is 0 Å². The highest BCUT2D eigenvalue weighted by atomic mass is 32.1. The third-order valence-electron chi connectivity index (χ3n) is 2.76. The third-order valence-corrected chi connectivity index (χ3v) is 3.54. The molecule has 0 saturated carbocycles. The fraction of sp³-hybridized carbons (Fsp3) is 0.357. The molecule has 4 heteroatoms. The number of likely N-dealkylation sites (N-methyl/N-ethyl adjacent to an activating group) is 1. The summed E-state index contributed by atoms with van der Waals surface area (Å²) in [6.45, 7) is 1.86. The maximum Gasteiger partial charge on any atom is 0.0794 e. The van der Waals surface area contributed by atoms with Gasteiger partial charge in [-0.3, -0.25) is 4.98 Å². The van der Waals surface area contributed by atoms with E-state index in [1.54, 1.807) is 11.3 Å². The Hall–Kier alpha value is -1.23. The fourth-order valence-corrected chi connectivity index (χ4v) is 2.44. The summed E-state index contributed by atoms with van der Waals surface area (Å²) in [5, 5.41) is 3.60. The molecule has 1 atom stereocenters. The van der Waals surface area contributed by atoms with Gasteiger partial charge in [0.25, 0.3) is 0 Å². The number of hydrogen-bond donors (Lipinski definition) is 1. The molecule has 0 aliphatic carbocycles. The van der Waals surface area contributed by atoms with E-state index in [-0.39, 0.29) is 0 Å². The molecule has 3 nitrogen and oxygen atoms in total. The maximum absolute atomic E-state index is 4.10. The van der Waals surface area contributed by atoms with Crippen LogP contribution in [0.15, 0.2) is 42.0 Å². The molecular weight excluding hydrogens is 242 g/mol. The van der Waals surface area contributed by atoms with Gasteiger partial charge in [-0.2, -0.15) is 0 Å². The molecule has 0 aliphatic rings. The Morgan fingerprint density at radius 2 is 2.06 bits per heavy atom. The van der Waals surface area contributed by atoms with E-state index in [4.69, 9.17) is 0 Å². The van der Waals surface area contributed by atoms with Crippen LogP contribution in [0.4, 0.5) is 0 Å². The minimum Gasteiger partial charge on any atom is -0.308 e. The Morgan fingerprint density at radius 3 is 2.67 bits per heavy atom. The molecule has 2 aromatic rings. The van der Waals surface area contributed by atoms with Crippen LogP contribution in [-0.2, 0) is 6.54 Å². The molecule has 1 aromatic carbocycles. The van der Waals surface area contributed by atoms with E-state index in [9.17, 15) is 0 Å². The fourth-order valence-electron chi connectivity index (χ4n) is 1.89. The molecule has 18 heavy (non-hydrogen) atoms. The predicted octanol–water partition coefficient (Wildman–Crippen LogP) is 2.54. The summed E-state index contributed by atoms with van der Waals surface area (Å²) in [7, 11) is 4.20. The van der Waals surface area contributed by atoms with Crippen LogP contribution in [0.5, 0.6) is 0 Å². The van der Waals surface area contributed by atoms with E-state index in [0.717, 1.165) is 13.1 Å². The van der Waals surface area contributed by atoms with E-state index < -0.39 is 0 Å². The van der Waals surface area contributed by atoms with Crippen molar-refractivity contribution >= 4 is 11.3 Å². The van der Waals surface area contributed by atoms with Crippen LogP contribution >= 0.6 is 11.3 Å². The highest BCUT2D eigenvalue weighted by Gasteiger charge is 2.11. The Kier molecular flexibility index (Phi) is 4.87. The van der Waals surface area contributed by atoms with Gasteiger partial charge in [0, 0.05) is 30.2 Å². The number of hydrogen-bond acceptors (Lipinski definition) is 4. The van der Waals surface area contributed by atoms with Gasteiger partial charge in [-0.15, -0.1) is 11.3 Å². The molecule has 0 saturated heterocycles. The Morgan fingerprint density at radius 1 is 1.28 bits per heavy atom. The van der Waals surface area contributed by atoms with Gasteiger partial charge < -0.3 is 10.2 Å². The zero-order chi connectivity index (χ0) is 12.8. The van der Waals surface area contributed by atoms with Gasteiger partial charge in [0.15, 0.2) is 0 Å². The summed E-state index contributed by atoms with van der Waals surface area (Å²) < 4.78 is 0. The minimum atomic E-state index is 0.350. The lowest BCUT2D eigenvalue weighted by atomic mass is 10.1. The first-order chi connectivity index (χ1) is 8.75. The molecule has 0 aliphatic heterocycles. The van der Waals surface area contributed by atoms with Crippen molar-refractivity contribution in [3.05, 3.63) is 52.5 Å². The van der Waals surface area contributed by atoms with E-state index in [0.29, 0.717) is 6.04 Å². The molecule has 96 valence electrons. The molecule has 1 aromatic heterocycles. The highest BCUT2D eigenvalue weighted by molar-refractivity contribution is 7.09. The predicted molar refractivity (Wildman–Crippen MR) is 76.7 cm³/mol. The molecule has 1 unspecified atom stereocenters. The van der Waals surface area contributed by atoms with Crippen molar-refractivity contribution in [2.45, 2.75) is 12.6 Å². The number of benzene rings is 1. The maximum atomic E-state index is 4.10. The number of nitrogens with zero attached hydrogens (tertiary/aromatic N) is 2. The molecule has 0 fully saturated rings. The van der Waals surface area contributed by atoms with Gasteiger partial charge in [-0.05, 0) is 19.7 Å². The Labute approximate surface area is 112 Å². The zero-order valence-corrected chi connectivity index (χ0v) is 11.7. The van der Waals surface area contributed by atoms with Crippen molar-refractivity contribution in [3.8, 4) is 0 Å². The average Bonchev–Trinajstić information content (AvgIpc) is 2.88. The minimum absolute atomic E-state index is 0.350. The Balaban J connectivity index is 2.01. The van der Waals surface area contributed by atoms with Crippen LogP contribution in [0.2, 0.25) is 0 Å². The number of thiazole rings is 1. The van der Waals surface area contributed by atoms with E-state index in [1.165, 1.54) is 10.4 Å². The topological polar surface area (TPSA) is 28.2 Å². The first kappa shape index (κ1) is 13.2. The van der Waals surface area contributed by atoms with Gasteiger partial charge in [0.05, 0.1) is 5.51 Å².